The molecule has 0 aromatic carbocycles. The molecule has 1 N–H and O–H groups in total. The average molecular weight is 382 g/mol. The number of rotatable bonds is 19. The van der Waals surface area contributed by atoms with E-state index in [2.05, 4.69) is 45.3 Å². The molecule has 0 aromatic rings. The molecule has 0 aromatic heterocycles. The summed E-state index contributed by atoms with van der Waals surface area (Å²) in [5.74, 6) is 0.221. The van der Waals surface area contributed by atoms with E-state index in [1.54, 1.807) is 0 Å². The van der Waals surface area contributed by atoms with Gasteiger partial charge in [-0.25, -0.2) is 10.0 Å². The molecule has 1 amide bonds. The summed E-state index contributed by atoms with van der Waals surface area (Å²) in [5.41, 5.74) is 3.22. The van der Waals surface area contributed by atoms with Crippen molar-refractivity contribution in [2.75, 3.05) is 19.6 Å². The van der Waals surface area contributed by atoms with E-state index in [1.807, 2.05) is 0 Å². The highest BCUT2D eigenvalue weighted by Gasteiger charge is 2.23. The van der Waals surface area contributed by atoms with Crippen LogP contribution >= 0.6 is 0 Å². The smallest absolute Gasteiger partial charge is 0.264 e. The normalized spacial score (nSPS) is 12.0. The van der Waals surface area contributed by atoms with Crippen LogP contribution in [-0.2, 0) is 4.79 Å². The summed E-state index contributed by atoms with van der Waals surface area (Å²) in [6, 6.07) is 0. The van der Waals surface area contributed by atoms with Gasteiger partial charge in [0.2, 0.25) is 0 Å². The highest BCUT2D eigenvalue weighted by molar-refractivity contribution is 5.74. The molecule has 0 aliphatic carbocycles. The van der Waals surface area contributed by atoms with Crippen molar-refractivity contribution in [3.05, 3.63) is 12.2 Å². The van der Waals surface area contributed by atoms with Gasteiger partial charge in [-0.3, -0.25) is 4.79 Å². The van der Waals surface area contributed by atoms with Gasteiger partial charge in [-0.2, -0.15) is 0 Å². The highest BCUT2D eigenvalue weighted by Crippen LogP contribution is 2.10. The molecule has 0 radical (unpaired) electrons. The molecule has 0 atom stereocenters. The lowest BCUT2D eigenvalue weighted by Crippen LogP contribution is -2.59. The Morgan fingerprint density at radius 3 is 1.59 bits per heavy atom. The summed E-state index contributed by atoms with van der Waals surface area (Å²) in [5, 5.41) is 0. The van der Waals surface area contributed by atoms with Crippen LogP contribution in [0, 0.1) is 0 Å². The first-order valence-electron chi connectivity index (χ1n) is 12.0. The van der Waals surface area contributed by atoms with Crippen LogP contribution in [0.3, 0.4) is 0 Å². The van der Waals surface area contributed by atoms with Gasteiger partial charge >= 0.3 is 0 Å². The molecule has 0 rings (SSSR count). The molecule has 0 aliphatic rings. The van der Waals surface area contributed by atoms with Crippen molar-refractivity contribution >= 4 is 5.91 Å². The Bertz CT molecular complexity index is 353. The molecule has 0 heterocycles. The zero-order valence-corrected chi connectivity index (χ0v) is 19.0. The minimum Gasteiger partial charge on any atom is -0.270 e. The Hall–Kier alpha value is -0.830. The molecule has 3 heteroatoms. The van der Waals surface area contributed by atoms with Crippen LogP contribution in [0.1, 0.15) is 118 Å². The van der Waals surface area contributed by atoms with Gasteiger partial charge in [0.05, 0.1) is 19.6 Å². The summed E-state index contributed by atoms with van der Waals surface area (Å²) in [6.45, 7) is 11.6. The van der Waals surface area contributed by atoms with Gasteiger partial charge in [-0.1, -0.05) is 70.4 Å². The Balaban J connectivity index is 3.46. The van der Waals surface area contributed by atoms with E-state index in [0.717, 1.165) is 26.1 Å². The van der Waals surface area contributed by atoms with Crippen molar-refractivity contribution in [1.29, 1.82) is 0 Å². The zero-order chi connectivity index (χ0) is 20.2. The second kappa shape index (κ2) is 18.5. The molecule has 0 aliphatic heterocycles. The van der Waals surface area contributed by atoms with Crippen LogP contribution in [0.25, 0.3) is 0 Å². The van der Waals surface area contributed by atoms with Gasteiger partial charge in [0, 0.05) is 6.42 Å². The quantitative estimate of drug-likeness (QED) is 0.112. The Morgan fingerprint density at radius 1 is 0.667 bits per heavy atom. The number of allylic oxidation sites excluding steroid dienone is 2. The molecule has 3 nitrogen and oxygen atoms in total. The van der Waals surface area contributed by atoms with Gasteiger partial charge in [-0.15, -0.1) is 0 Å². The molecule has 0 saturated heterocycles. The predicted molar refractivity (Wildman–Crippen MR) is 119 cm³/mol. The van der Waals surface area contributed by atoms with Gasteiger partial charge in [0.15, 0.2) is 0 Å². The second-order valence-electron chi connectivity index (χ2n) is 7.96. The van der Waals surface area contributed by atoms with E-state index in [4.69, 9.17) is 0 Å². The first-order chi connectivity index (χ1) is 13.1. The summed E-state index contributed by atoms with van der Waals surface area (Å²) < 4.78 is 0.712. The van der Waals surface area contributed by atoms with E-state index in [9.17, 15) is 4.79 Å². The minimum atomic E-state index is 0.221. The first kappa shape index (κ1) is 26.2. The van der Waals surface area contributed by atoms with E-state index in [1.165, 1.54) is 77.0 Å². The van der Waals surface area contributed by atoms with Crippen LogP contribution in [0.4, 0.5) is 0 Å². The summed E-state index contributed by atoms with van der Waals surface area (Å²) in [6.07, 6.45) is 22.3. The molecule has 0 fully saturated rings. The third-order valence-corrected chi connectivity index (χ3v) is 5.84. The Labute approximate surface area is 170 Å². The number of carbonyl (C=O) groups is 1. The maximum atomic E-state index is 12.1. The Morgan fingerprint density at radius 2 is 1.11 bits per heavy atom. The maximum absolute atomic E-state index is 12.1. The van der Waals surface area contributed by atoms with E-state index < -0.39 is 0 Å². The van der Waals surface area contributed by atoms with Crippen molar-refractivity contribution in [2.45, 2.75) is 118 Å². The molecular formula is C24H49N2O+. The number of hydrogen-bond acceptors (Lipinski definition) is 1. The van der Waals surface area contributed by atoms with Gasteiger partial charge in [0.1, 0.15) is 0 Å². The minimum absolute atomic E-state index is 0.221. The molecule has 27 heavy (non-hydrogen) atoms. The standard InChI is InChI=1S/C24H48N2O/c1-5-9-10-11-12-13-14-15-16-17-18-19-20-21-22-23-24(27)25-26(6-2,7-3)8-4/h15-16H,5-14,17-23H2,1-4H3/p+1. The molecule has 0 saturated carbocycles. The Kier molecular flexibility index (Phi) is 18.0. The largest absolute Gasteiger partial charge is 0.270 e. The number of quaternary nitrogens is 1. The lowest BCUT2D eigenvalue weighted by Gasteiger charge is -2.34. The topological polar surface area (TPSA) is 29.1 Å². The van der Waals surface area contributed by atoms with E-state index in [-0.39, 0.29) is 5.91 Å². The summed E-state index contributed by atoms with van der Waals surface area (Å²) in [4.78, 5) is 12.1. The maximum Gasteiger partial charge on any atom is 0.264 e. The fourth-order valence-electron chi connectivity index (χ4n) is 3.58. The lowest BCUT2D eigenvalue weighted by molar-refractivity contribution is -0.956. The molecular weight excluding hydrogens is 332 g/mol. The zero-order valence-electron chi connectivity index (χ0n) is 19.0. The SMILES string of the molecule is CCCCCCCCC=CCCCCCCCC(=O)N[N+](CC)(CC)CC. The first-order valence-corrected chi connectivity index (χ1v) is 12.0. The van der Waals surface area contributed by atoms with Crippen LogP contribution in [0.5, 0.6) is 0 Å². The molecule has 160 valence electrons. The fraction of sp³-hybridized carbons (Fsp3) is 0.875. The van der Waals surface area contributed by atoms with Crippen molar-refractivity contribution < 1.29 is 9.39 Å². The lowest BCUT2D eigenvalue weighted by atomic mass is 10.1. The number of hydrogen-bond donors (Lipinski definition) is 1. The van der Waals surface area contributed by atoms with Crippen molar-refractivity contribution in [3.63, 3.8) is 0 Å². The fourth-order valence-corrected chi connectivity index (χ4v) is 3.58. The van der Waals surface area contributed by atoms with E-state index in [0.29, 0.717) is 11.0 Å². The predicted octanol–water partition coefficient (Wildman–Crippen LogP) is 6.93. The highest BCUT2D eigenvalue weighted by atomic mass is 16.2. The molecule has 0 unspecified atom stereocenters. The van der Waals surface area contributed by atoms with Crippen LogP contribution in [0.15, 0.2) is 12.2 Å². The number of amides is 1. The molecule has 0 bridgehead atoms. The third kappa shape index (κ3) is 14.8. The summed E-state index contributed by atoms with van der Waals surface area (Å²) >= 11 is 0. The third-order valence-electron chi connectivity index (χ3n) is 5.84. The van der Waals surface area contributed by atoms with E-state index >= 15 is 0 Å². The average Bonchev–Trinajstić information content (AvgIpc) is 2.69. The number of nitrogens with one attached hydrogen (secondary N) is 1. The van der Waals surface area contributed by atoms with Gasteiger partial charge in [-0.05, 0) is 52.9 Å². The van der Waals surface area contributed by atoms with Crippen molar-refractivity contribution in [1.82, 2.24) is 5.43 Å². The van der Waals surface area contributed by atoms with Crippen LogP contribution < -0.4 is 5.43 Å². The van der Waals surface area contributed by atoms with Crippen LogP contribution in [0.2, 0.25) is 0 Å². The number of unbranched alkanes of at least 4 members (excludes halogenated alkanes) is 11. The van der Waals surface area contributed by atoms with Crippen molar-refractivity contribution in [3.8, 4) is 0 Å². The second-order valence-corrected chi connectivity index (χ2v) is 7.96. The van der Waals surface area contributed by atoms with Gasteiger partial charge in [0.25, 0.3) is 5.91 Å². The van der Waals surface area contributed by atoms with Gasteiger partial charge < -0.3 is 0 Å². The molecule has 0 spiro atoms. The van der Waals surface area contributed by atoms with Crippen LogP contribution in [-0.4, -0.2) is 30.1 Å². The number of carbonyl (C=O) groups excluding carboxylic acids is 1. The number of nitrogens with zero attached hydrogens (tertiary/aromatic N) is 1. The van der Waals surface area contributed by atoms with Crippen molar-refractivity contribution in [2.24, 2.45) is 0 Å². The summed E-state index contributed by atoms with van der Waals surface area (Å²) in [7, 11) is 0. The monoisotopic (exact) mass is 381 g/mol.